The molecule has 13 heavy (non-hydrogen) atoms. The van der Waals surface area contributed by atoms with Gasteiger partial charge in [0, 0.05) is 0 Å². The monoisotopic (exact) mass is 321 g/mol. The van der Waals surface area contributed by atoms with E-state index in [1.54, 1.807) is 0 Å². The predicted molar refractivity (Wildman–Crippen MR) is 66.8 cm³/mol. The SMILES string of the molecule is CCCCCCCCS(N)(=O)=O.I. The standard InChI is InChI=1S/C8H19NO2S.HI/c1-2-3-4-5-6-7-8-12(9,10)11;/h2-8H2,1H3,(H2,9,10,11);1H. The molecule has 2 N–H and O–H groups in total. The summed E-state index contributed by atoms with van der Waals surface area (Å²) in [7, 11) is -3.22. The number of nitrogens with two attached hydrogens (primary N) is 1. The Bertz CT molecular complexity index is 192. The minimum atomic E-state index is -3.22. The lowest BCUT2D eigenvalue weighted by molar-refractivity contribution is 0.585. The Labute approximate surface area is 98.5 Å². The molecule has 0 amide bonds. The molecule has 0 unspecified atom stereocenters. The molecule has 0 rings (SSSR count). The van der Waals surface area contributed by atoms with E-state index < -0.39 is 10.0 Å². The quantitative estimate of drug-likeness (QED) is 0.577. The maximum atomic E-state index is 10.5. The molecule has 82 valence electrons. The van der Waals surface area contributed by atoms with Crippen molar-refractivity contribution in [1.29, 1.82) is 0 Å². The third-order valence-electron chi connectivity index (χ3n) is 1.78. The molecule has 0 heterocycles. The molecule has 0 radical (unpaired) electrons. The van der Waals surface area contributed by atoms with Gasteiger partial charge < -0.3 is 0 Å². The minimum absolute atomic E-state index is 0. The molecule has 0 aromatic rings. The molecule has 0 saturated heterocycles. The minimum Gasteiger partial charge on any atom is -0.229 e. The van der Waals surface area contributed by atoms with Gasteiger partial charge in [-0.3, -0.25) is 0 Å². The van der Waals surface area contributed by atoms with Crippen molar-refractivity contribution in [2.24, 2.45) is 5.14 Å². The molecule has 0 fully saturated rings. The van der Waals surface area contributed by atoms with Crippen LogP contribution in [-0.2, 0) is 10.0 Å². The van der Waals surface area contributed by atoms with E-state index in [2.05, 4.69) is 6.92 Å². The fourth-order valence-corrected chi connectivity index (χ4v) is 1.69. The van der Waals surface area contributed by atoms with Gasteiger partial charge in [0.05, 0.1) is 5.75 Å². The van der Waals surface area contributed by atoms with Crippen LogP contribution in [0.4, 0.5) is 0 Å². The Morgan fingerprint density at radius 3 is 1.92 bits per heavy atom. The molecule has 0 saturated carbocycles. The summed E-state index contributed by atoms with van der Waals surface area (Å²) >= 11 is 0. The highest BCUT2D eigenvalue weighted by molar-refractivity contribution is 14.0. The molecular formula is C8H20INO2S. The molecule has 0 aliphatic rings. The van der Waals surface area contributed by atoms with Crippen molar-refractivity contribution in [2.75, 3.05) is 5.75 Å². The summed E-state index contributed by atoms with van der Waals surface area (Å²) in [6.07, 6.45) is 6.49. The summed E-state index contributed by atoms with van der Waals surface area (Å²) in [5, 5.41) is 4.85. The van der Waals surface area contributed by atoms with Crippen LogP contribution >= 0.6 is 24.0 Å². The molecule has 0 aliphatic carbocycles. The van der Waals surface area contributed by atoms with Crippen LogP contribution in [0.25, 0.3) is 0 Å². The normalized spacial score (nSPS) is 10.9. The van der Waals surface area contributed by atoms with Crippen molar-refractivity contribution in [2.45, 2.75) is 45.4 Å². The van der Waals surface area contributed by atoms with Gasteiger partial charge in [-0.25, -0.2) is 13.6 Å². The van der Waals surface area contributed by atoms with Crippen LogP contribution in [-0.4, -0.2) is 14.2 Å². The first-order chi connectivity index (χ1) is 5.56. The van der Waals surface area contributed by atoms with E-state index in [9.17, 15) is 8.42 Å². The fraction of sp³-hybridized carbons (Fsp3) is 1.00. The van der Waals surface area contributed by atoms with Gasteiger partial charge in [0.2, 0.25) is 10.0 Å². The number of primary sulfonamides is 1. The molecular weight excluding hydrogens is 301 g/mol. The van der Waals surface area contributed by atoms with E-state index in [1.165, 1.54) is 19.3 Å². The lowest BCUT2D eigenvalue weighted by Gasteiger charge is -1.98. The molecule has 0 aliphatic heterocycles. The smallest absolute Gasteiger partial charge is 0.209 e. The average Bonchev–Trinajstić information content (AvgIpc) is 1.94. The molecule has 3 nitrogen and oxygen atoms in total. The average molecular weight is 321 g/mol. The summed E-state index contributed by atoms with van der Waals surface area (Å²) in [6.45, 7) is 2.16. The van der Waals surface area contributed by atoms with Gasteiger partial charge in [0.25, 0.3) is 0 Å². The highest BCUT2D eigenvalue weighted by Gasteiger charge is 2.00. The largest absolute Gasteiger partial charge is 0.229 e. The zero-order chi connectivity index (χ0) is 9.45. The molecule has 0 aromatic heterocycles. The predicted octanol–water partition coefficient (Wildman–Crippen LogP) is 2.25. The number of hydrogen-bond acceptors (Lipinski definition) is 2. The Hall–Kier alpha value is 0.640. The zero-order valence-corrected chi connectivity index (χ0v) is 11.3. The first-order valence-corrected chi connectivity index (χ1v) is 6.28. The third-order valence-corrected chi connectivity index (χ3v) is 2.64. The second-order valence-corrected chi connectivity index (χ2v) is 4.87. The van der Waals surface area contributed by atoms with Crippen molar-refractivity contribution in [1.82, 2.24) is 0 Å². The molecule has 0 atom stereocenters. The Balaban J connectivity index is 0. The third kappa shape index (κ3) is 15.4. The summed E-state index contributed by atoms with van der Waals surface area (Å²) in [6, 6.07) is 0. The maximum absolute atomic E-state index is 10.5. The van der Waals surface area contributed by atoms with Crippen molar-refractivity contribution >= 4 is 34.0 Å². The van der Waals surface area contributed by atoms with Gasteiger partial charge in [-0.15, -0.1) is 24.0 Å². The molecule has 5 heteroatoms. The number of hydrogen-bond donors (Lipinski definition) is 1. The summed E-state index contributed by atoms with van der Waals surface area (Å²) in [4.78, 5) is 0. The summed E-state index contributed by atoms with van der Waals surface area (Å²) in [5.74, 6) is 0.138. The maximum Gasteiger partial charge on any atom is 0.209 e. The molecule has 0 spiro atoms. The fourth-order valence-electron chi connectivity index (χ4n) is 1.08. The number of unbranched alkanes of at least 4 members (excludes halogenated alkanes) is 5. The number of rotatable bonds is 7. The van der Waals surface area contributed by atoms with E-state index in [0.29, 0.717) is 6.42 Å². The molecule has 0 aromatic carbocycles. The summed E-state index contributed by atoms with van der Waals surface area (Å²) in [5.41, 5.74) is 0. The lowest BCUT2D eigenvalue weighted by atomic mass is 10.1. The van der Waals surface area contributed by atoms with Gasteiger partial charge in [-0.2, -0.15) is 0 Å². The summed E-state index contributed by atoms with van der Waals surface area (Å²) < 4.78 is 21.0. The Morgan fingerprint density at radius 1 is 1.00 bits per heavy atom. The van der Waals surface area contributed by atoms with E-state index >= 15 is 0 Å². The van der Waals surface area contributed by atoms with Gasteiger partial charge in [-0.05, 0) is 6.42 Å². The first-order valence-electron chi connectivity index (χ1n) is 4.56. The van der Waals surface area contributed by atoms with Crippen molar-refractivity contribution in [3.63, 3.8) is 0 Å². The van der Waals surface area contributed by atoms with Crippen molar-refractivity contribution in [3.8, 4) is 0 Å². The Kier molecular flexibility index (Phi) is 11.4. The van der Waals surface area contributed by atoms with Gasteiger partial charge in [0.1, 0.15) is 0 Å². The Morgan fingerprint density at radius 2 is 1.46 bits per heavy atom. The van der Waals surface area contributed by atoms with Crippen molar-refractivity contribution in [3.05, 3.63) is 0 Å². The number of halogens is 1. The van der Waals surface area contributed by atoms with Crippen LogP contribution in [0, 0.1) is 0 Å². The lowest BCUT2D eigenvalue weighted by Crippen LogP contribution is -2.16. The van der Waals surface area contributed by atoms with Crippen LogP contribution in [0.15, 0.2) is 0 Å². The van der Waals surface area contributed by atoms with Crippen LogP contribution in [0.2, 0.25) is 0 Å². The van der Waals surface area contributed by atoms with Gasteiger partial charge in [-0.1, -0.05) is 39.0 Å². The van der Waals surface area contributed by atoms with Gasteiger partial charge in [0.15, 0.2) is 0 Å². The van der Waals surface area contributed by atoms with Gasteiger partial charge >= 0.3 is 0 Å². The van der Waals surface area contributed by atoms with E-state index in [1.807, 2.05) is 0 Å². The second kappa shape index (κ2) is 9.21. The van der Waals surface area contributed by atoms with Crippen LogP contribution in [0.1, 0.15) is 45.4 Å². The second-order valence-electron chi connectivity index (χ2n) is 3.13. The highest BCUT2D eigenvalue weighted by Crippen LogP contribution is 2.05. The van der Waals surface area contributed by atoms with E-state index in [-0.39, 0.29) is 29.7 Å². The zero-order valence-electron chi connectivity index (χ0n) is 8.16. The first kappa shape index (κ1) is 16.1. The highest BCUT2D eigenvalue weighted by atomic mass is 127. The van der Waals surface area contributed by atoms with Crippen molar-refractivity contribution < 1.29 is 8.42 Å². The topological polar surface area (TPSA) is 60.2 Å². The van der Waals surface area contributed by atoms with E-state index in [0.717, 1.165) is 12.8 Å². The molecule has 0 bridgehead atoms. The number of sulfonamides is 1. The van der Waals surface area contributed by atoms with E-state index in [4.69, 9.17) is 5.14 Å². The van der Waals surface area contributed by atoms with Crippen LogP contribution in [0.5, 0.6) is 0 Å². The van der Waals surface area contributed by atoms with Crippen LogP contribution in [0.3, 0.4) is 0 Å². The van der Waals surface area contributed by atoms with Crippen LogP contribution < -0.4 is 5.14 Å².